The number of fused-ring (bicyclic) bond motifs is 1. The van der Waals surface area contributed by atoms with Crippen LogP contribution in [0.25, 0.3) is 17.0 Å². The molecule has 0 bridgehead atoms. The van der Waals surface area contributed by atoms with E-state index in [4.69, 9.17) is 4.42 Å². The molecule has 0 spiro atoms. The van der Waals surface area contributed by atoms with Gasteiger partial charge in [-0.25, -0.2) is 0 Å². The molecule has 2 N–H and O–H groups in total. The first-order valence-electron chi connectivity index (χ1n) is 8.59. The fourth-order valence-corrected chi connectivity index (χ4v) is 3.55. The van der Waals surface area contributed by atoms with Gasteiger partial charge in [0.1, 0.15) is 5.76 Å². The highest BCUT2D eigenvalue weighted by Crippen LogP contribution is 2.30. The summed E-state index contributed by atoms with van der Waals surface area (Å²) in [6.45, 7) is 0.791. The normalized spacial score (nSPS) is 15.5. The summed E-state index contributed by atoms with van der Waals surface area (Å²) in [5.41, 5.74) is 2.81. The Balaban J connectivity index is 1.46. The first kappa shape index (κ1) is 17.4. The molecule has 1 aromatic carbocycles. The van der Waals surface area contributed by atoms with Gasteiger partial charge in [0.15, 0.2) is 5.58 Å². The van der Waals surface area contributed by atoms with Gasteiger partial charge in [0.25, 0.3) is 11.1 Å². The van der Waals surface area contributed by atoms with Crippen LogP contribution < -0.4 is 10.6 Å². The molecule has 1 aliphatic heterocycles. The van der Waals surface area contributed by atoms with Gasteiger partial charge in [-0.15, -0.1) is 0 Å². The summed E-state index contributed by atoms with van der Waals surface area (Å²) in [5.74, 6) is 0.112. The largest absolute Gasteiger partial charge is 0.454 e. The average molecular weight is 379 g/mol. The number of carbonyl (C=O) groups is 2. The molecule has 0 saturated carbocycles. The fourth-order valence-electron chi connectivity index (χ4n) is 2.89. The second-order valence-corrected chi connectivity index (χ2v) is 7.14. The number of nitrogens with one attached hydrogen (secondary N) is 2. The van der Waals surface area contributed by atoms with Crippen LogP contribution >= 0.6 is 11.8 Å². The molecular formula is C20H17N3O3S. The summed E-state index contributed by atoms with van der Waals surface area (Å²) in [5, 5.41) is 6.06. The SMILES string of the molecule is O=C1NC(=O)/C(=C\c2cc3cncc(NCCCc4ccccc4)c3o2)S1. The van der Waals surface area contributed by atoms with E-state index in [1.54, 1.807) is 24.5 Å². The zero-order valence-electron chi connectivity index (χ0n) is 14.4. The van der Waals surface area contributed by atoms with Crippen molar-refractivity contribution in [3.8, 4) is 0 Å². The van der Waals surface area contributed by atoms with Gasteiger partial charge in [-0.2, -0.15) is 0 Å². The van der Waals surface area contributed by atoms with Gasteiger partial charge in [0.05, 0.1) is 16.8 Å². The van der Waals surface area contributed by atoms with Crippen LogP contribution in [0.1, 0.15) is 17.7 Å². The number of nitrogens with zero attached hydrogens (tertiary/aromatic N) is 1. The smallest absolute Gasteiger partial charge is 0.290 e. The Hall–Kier alpha value is -3.06. The first-order chi connectivity index (χ1) is 13.2. The Morgan fingerprint density at radius 2 is 2.04 bits per heavy atom. The van der Waals surface area contributed by atoms with Crippen LogP contribution in [0, 0.1) is 0 Å². The second-order valence-electron chi connectivity index (χ2n) is 6.12. The van der Waals surface area contributed by atoms with Gasteiger partial charge in [-0.1, -0.05) is 30.3 Å². The monoisotopic (exact) mass is 379 g/mol. The van der Waals surface area contributed by atoms with E-state index in [0.29, 0.717) is 16.2 Å². The molecule has 1 fully saturated rings. The Morgan fingerprint density at radius 3 is 2.81 bits per heavy atom. The molecular weight excluding hydrogens is 362 g/mol. The highest BCUT2D eigenvalue weighted by atomic mass is 32.2. The number of carbonyl (C=O) groups excluding carboxylic acids is 2. The van der Waals surface area contributed by atoms with Crippen LogP contribution in [-0.2, 0) is 11.2 Å². The molecule has 0 atom stereocenters. The van der Waals surface area contributed by atoms with E-state index in [2.05, 4.69) is 27.8 Å². The van der Waals surface area contributed by atoms with Crippen molar-refractivity contribution >= 4 is 45.6 Å². The van der Waals surface area contributed by atoms with E-state index < -0.39 is 5.91 Å². The van der Waals surface area contributed by atoms with Gasteiger partial charge in [-0.3, -0.25) is 19.9 Å². The summed E-state index contributed by atoms with van der Waals surface area (Å²) in [6.07, 6.45) is 6.99. The van der Waals surface area contributed by atoms with Gasteiger partial charge in [-0.05, 0) is 36.2 Å². The Labute approximate surface area is 160 Å². The van der Waals surface area contributed by atoms with E-state index in [1.807, 2.05) is 18.2 Å². The van der Waals surface area contributed by atoms with Crippen molar-refractivity contribution in [3.05, 3.63) is 65.0 Å². The maximum absolute atomic E-state index is 11.7. The molecule has 0 unspecified atom stereocenters. The third-order valence-electron chi connectivity index (χ3n) is 4.16. The average Bonchev–Trinajstić information content (AvgIpc) is 3.22. The highest BCUT2D eigenvalue weighted by molar-refractivity contribution is 8.18. The number of thioether (sulfide) groups is 1. The molecule has 3 heterocycles. The van der Waals surface area contributed by atoms with Crippen LogP contribution in [0.15, 0.2) is 58.1 Å². The lowest BCUT2D eigenvalue weighted by Crippen LogP contribution is -2.17. The highest BCUT2D eigenvalue weighted by Gasteiger charge is 2.25. The summed E-state index contributed by atoms with van der Waals surface area (Å²) < 4.78 is 5.88. The maximum atomic E-state index is 11.7. The Morgan fingerprint density at radius 1 is 1.19 bits per heavy atom. The Kier molecular flexibility index (Phi) is 4.93. The molecule has 2 amide bonds. The van der Waals surface area contributed by atoms with Gasteiger partial charge < -0.3 is 9.73 Å². The number of aryl methyl sites for hydroxylation is 1. The van der Waals surface area contributed by atoms with Crippen molar-refractivity contribution in [1.82, 2.24) is 10.3 Å². The minimum absolute atomic E-state index is 0.324. The molecule has 7 heteroatoms. The standard InChI is InChI=1S/C20H17N3O3S/c24-19-17(27-20(25)23-19)10-15-9-14-11-21-12-16(18(14)26-15)22-8-4-7-13-5-2-1-3-6-13/h1-3,5-6,9-12,22H,4,7-8H2,(H,23,24,25)/b17-10+. The van der Waals surface area contributed by atoms with Crippen molar-refractivity contribution < 1.29 is 14.0 Å². The van der Waals surface area contributed by atoms with Gasteiger partial charge >= 0.3 is 0 Å². The summed E-state index contributed by atoms with van der Waals surface area (Å²) >= 11 is 0.868. The minimum Gasteiger partial charge on any atom is -0.454 e. The molecule has 27 heavy (non-hydrogen) atoms. The molecule has 2 aromatic heterocycles. The number of rotatable bonds is 6. The van der Waals surface area contributed by atoms with Crippen LogP contribution in [0.2, 0.25) is 0 Å². The fraction of sp³-hybridized carbons (Fsp3) is 0.150. The molecule has 1 saturated heterocycles. The first-order valence-corrected chi connectivity index (χ1v) is 9.41. The predicted octanol–water partition coefficient (Wildman–Crippen LogP) is 4.20. The number of aromatic nitrogens is 1. The van der Waals surface area contributed by atoms with Crippen molar-refractivity contribution in [3.63, 3.8) is 0 Å². The van der Waals surface area contributed by atoms with Crippen LogP contribution in [0.4, 0.5) is 10.5 Å². The molecule has 0 radical (unpaired) electrons. The molecule has 136 valence electrons. The van der Waals surface area contributed by atoms with Crippen molar-refractivity contribution in [2.45, 2.75) is 12.8 Å². The number of pyridine rings is 1. The molecule has 4 rings (SSSR count). The second kappa shape index (κ2) is 7.67. The predicted molar refractivity (Wildman–Crippen MR) is 106 cm³/mol. The van der Waals surface area contributed by atoms with Gasteiger partial charge in [0, 0.05) is 24.2 Å². The minimum atomic E-state index is -0.400. The number of amides is 2. The van der Waals surface area contributed by atoms with Crippen molar-refractivity contribution in [2.75, 3.05) is 11.9 Å². The molecule has 1 aliphatic rings. The maximum Gasteiger partial charge on any atom is 0.290 e. The van der Waals surface area contributed by atoms with E-state index >= 15 is 0 Å². The van der Waals surface area contributed by atoms with Crippen LogP contribution in [0.5, 0.6) is 0 Å². The lowest BCUT2D eigenvalue weighted by Gasteiger charge is -2.06. The number of imide groups is 1. The van der Waals surface area contributed by atoms with Crippen LogP contribution in [-0.4, -0.2) is 22.7 Å². The number of anilines is 1. The lowest BCUT2D eigenvalue weighted by atomic mass is 10.1. The Bertz CT molecular complexity index is 1030. The number of hydrogen-bond acceptors (Lipinski definition) is 6. The van der Waals surface area contributed by atoms with E-state index in [9.17, 15) is 9.59 Å². The molecule has 6 nitrogen and oxygen atoms in total. The van der Waals surface area contributed by atoms with Crippen LogP contribution in [0.3, 0.4) is 0 Å². The number of benzene rings is 1. The zero-order chi connectivity index (χ0) is 18.6. The summed E-state index contributed by atoms with van der Waals surface area (Å²) in [6, 6.07) is 12.2. The quantitative estimate of drug-likeness (QED) is 0.493. The van der Waals surface area contributed by atoms with E-state index in [0.717, 1.165) is 42.2 Å². The van der Waals surface area contributed by atoms with Crippen molar-refractivity contribution in [1.29, 1.82) is 0 Å². The lowest BCUT2D eigenvalue weighted by molar-refractivity contribution is -0.115. The van der Waals surface area contributed by atoms with E-state index in [1.165, 1.54) is 5.56 Å². The van der Waals surface area contributed by atoms with Gasteiger partial charge in [0.2, 0.25) is 0 Å². The third-order valence-corrected chi connectivity index (χ3v) is 4.97. The zero-order valence-corrected chi connectivity index (χ0v) is 15.2. The number of hydrogen-bond donors (Lipinski definition) is 2. The summed E-state index contributed by atoms with van der Waals surface area (Å²) in [4.78, 5) is 27.5. The topological polar surface area (TPSA) is 84.2 Å². The molecule has 3 aromatic rings. The summed E-state index contributed by atoms with van der Waals surface area (Å²) in [7, 11) is 0. The third kappa shape index (κ3) is 4.03. The van der Waals surface area contributed by atoms with E-state index in [-0.39, 0.29) is 5.24 Å². The van der Waals surface area contributed by atoms with Crippen molar-refractivity contribution in [2.24, 2.45) is 0 Å². The number of furan rings is 1. The molecule has 0 aliphatic carbocycles.